The lowest BCUT2D eigenvalue weighted by Gasteiger charge is -2.28. The lowest BCUT2D eigenvalue weighted by molar-refractivity contribution is -0.122. The molecule has 0 bridgehead atoms. The summed E-state index contributed by atoms with van der Waals surface area (Å²) in [6.07, 6.45) is -0.108. The molecular formula is C26H25N3O5. The number of nitrogens with one attached hydrogen (secondary N) is 1. The summed E-state index contributed by atoms with van der Waals surface area (Å²) in [5.41, 5.74) is 1.83. The van der Waals surface area contributed by atoms with Gasteiger partial charge in [0, 0.05) is 12.2 Å². The van der Waals surface area contributed by atoms with Crippen LogP contribution in [0, 0.1) is 0 Å². The first-order valence-corrected chi connectivity index (χ1v) is 10.8. The van der Waals surface area contributed by atoms with Crippen molar-refractivity contribution >= 4 is 29.2 Å². The zero-order valence-electron chi connectivity index (χ0n) is 18.9. The molecular weight excluding hydrogens is 434 g/mol. The molecule has 8 nitrogen and oxygen atoms in total. The predicted molar refractivity (Wildman–Crippen MR) is 128 cm³/mol. The van der Waals surface area contributed by atoms with Crippen LogP contribution in [0.15, 0.2) is 78.9 Å². The quantitative estimate of drug-likeness (QED) is 0.538. The van der Waals surface area contributed by atoms with Gasteiger partial charge in [0.25, 0.3) is 5.91 Å². The predicted octanol–water partition coefficient (Wildman–Crippen LogP) is 4.07. The van der Waals surface area contributed by atoms with Crippen LogP contribution in [-0.2, 0) is 16.1 Å². The number of hydrogen-bond acceptors (Lipinski definition) is 5. The Morgan fingerprint density at radius 3 is 2.09 bits per heavy atom. The Balaban J connectivity index is 1.61. The van der Waals surface area contributed by atoms with Gasteiger partial charge in [-0.15, -0.1) is 0 Å². The maximum atomic E-state index is 13.4. The lowest BCUT2D eigenvalue weighted by Crippen LogP contribution is -2.46. The first-order chi connectivity index (χ1) is 16.5. The van der Waals surface area contributed by atoms with E-state index in [1.165, 1.54) is 4.90 Å². The monoisotopic (exact) mass is 459 g/mol. The average molecular weight is 460 g/mol. The molecule has 1 aliphatic rings. The minimum Gasteiger partial charge on any atom is -0.497 e. The molecule has 3 aromatic rings. The molecule has 3 aromatic carbocycles. The van der Waals surface area contributed by atoms with Gasteiger partial charge in [-0.25, -0.2) is 9.69 Å². The van der Waals surface area contributed by atoms with Crippen molar-refractivity contribution in [3.63, 3.8) is 0 Å². The molecule has 0 aliphatic carbocycles. The highest BCUT2D eigenvalue weighted by atomic mass is 16.5. The second-order valence-electron chi connectivity index (χ2n) is 7.76. The maximum Gasteiger partial charge on any atom is 0.322 e. The number of carbonyl (C=O) groups is 3. The smallest absolute Gasteiger partial charge is 0.322 e. The summed E-state index contributed by atoms with van der Waals surface area (Å²) in [5, 5.41) is 2.83. The summed E-state index contributed by atoms with van der Waals surface area (Å²) in [5.74, 6) is 0.476. The Labute approximate surface area is 197 Å². The van der Waals surface area contributed by atoms with Crippen LogP contribution in [0.5, 0.6) is 11.5 Å². The van der Waals surface area contributed by atoms with Crippen LogP contribution >= 0.6 is 0 Å². The molecule has 4 rings (SSSR count). The SMILES string of the molecule is COc1ccc(CN(C(=O)Nc2ccccc2)[C@H]2CC(=O)N(c3ccc(OC)cc3)C2=O)cc1. The van der Waals surface area contributed by atoms with Crippen LogP contribution in [-0.4, -0.2) is 43.0 Å². The van der Waals surface area contributed by atoms with Crippen LogP contribution in [0.25, 0.3) is 0 Å². The van der Waals surface area contributed by atoms with E-state index in [1.54, 1.807) is 74.9 Å². The highest BCUT2D eigenvalue weighted by Gasteiger charge is 2.44. The normalized spacial score (nSPS) is 15.2. The van der Waals surface area contributed by atoms with Crippen LogP contribution < -0.4 is 19.7 Å². The maximum absolute atomic E-state index is 13.4. The van der Waals surface area contributed by atoms with Crippen LogP contribution in [0.3, 0.4) is 0 Å². The molecule has 0 radical (unpaired) electrons. The van der Waals surface area contributed by atoms with Crippen molar-refractivity contribution in [2.75, 3.05) is 24.4 Å². The minimum absolute atomic E-state index is 0.108. The van der Waals surface area contributed by atoms with Crippen LogP contribution in [0.2, 0.25) is 0 Å². The van der Waals surface area contributed by atoms with E-state index in [9.17, 15) is 14.4 Å². The second kappa shape index (κ2) is 10.1. The van der Waals surface area contributed by atoms with Gasteiger partial charge in [-0.2, -0.15) is 0 Å². The molecule has 1 fully saturated rings. The topological polar surface area (TPSA) is 88.2 Å². The van der Waals surface area contributed by atoms with E-state index >= 15 is 0 Å². The Morgan fingerprint density at radius 1 is 0.912 bits per heavy atom. The van der Waals surface area contributed by atoms with Crippen molar-refractivity contribution < 1.29 is 23.9 Å². The molecule has 0 aromatic heterocycles. The number of carbonyl (C=O) groups excluding carboxylic acids is 3. The number of hydrogen-bond donors (Lipinski definition) is 1. The van der Waals surface area contributed by atoms with Gasteiger partial charge in [0.2, 0.25) is 5.91 Å². The zero-order valence-corrected chi connectivity index (χ0v) is 18.9. The fourth-order valence-electron chi connectivity index (χ4n) is 3.83. The van der Waals surface area contributed by atoms with Crippen LogP contribution in [0.1, 0.15) is 12.0 Å². The van der Waals surface area contributed by atoms with Gasteiger partial charge in [0.1, 0.15) is 17.5 Å². The van der Waals surface area contributed by atoms with Gasteiger partial charge in [-0.3, -0.25) is 9.59 Å². The number of nitrogens with zero attached hydrogens (tertiary/aromatic N) is 2. The third-order valence-electron chi connectivity index (χ3n) is 5.63. The molecule has 174 valence electrons. The first kappa shape index (κ1) is 22.8. The summed E-state index contributed by atoms with van der Waals surface area (Å²) in [6, 6.07) is 21.4. The number of benzene rings is 3. The third-order valence-corrected chi connectivity index (χ3v) is 5.63. The number of urea groups is 1. The van der Waals surface area contributed by atoms with E-state index in [1.807, 2.05) is 18.2 Å². The highest BCUT2D eigenvalue weighted by molar-refractivity contribution is 6.23. The number of imide groups is 1. The van der Waals surface area contributed by atoms with Gasteiger partial charge in [0.15, 0.2) is 0 Å². The largest absolute Gasteiger partial charge is 0.497 e. The molecule has 0 saturated carbocycles. The van der Waals surface area contributed by atoms with Crippen molar-refractivity contribution in [2.45, 2.75) is 19.0 Å². The fraction of sp³-hybridized carbons (Fsp3) is 0.192. The van der Waals surface area contributed by atoms with Crippen molar-refractivity contribution in [3.8, 4) is 11.5 Å². The average Bonchev–Trinajstić information content (AvgIpc) is 3.16. The Morgan fingerprint density at radius 2 is 1.50 bits per heavy atom. The Kier molecular flexibility index (Phi) is 6.77. The summed E-state index contributed by atoms with van der Waals surface area (Å²) in [4.78, 5) is 42.1. The summed E-state index contributed by atoms with van der Waals surface area (Å²) in [6.45, 7) is 0.142. The van der Waals surface area contributed by atoms with Gasteiger partial charge in [-0.05, 0) is 54.1 Å². The molecule has 1 N–H and O–H groups in total. The highest BCUT2D eigenvalue weighted by Crippen LogP contribution is 2.29. The molecule has 1 atom stereocenters. The molecule has 0 unspecified atom stereocenters. The fourth-order valence-corrected chi connectivity index (χ4v) is 3.83. The van der Waals surface area contributed by atoms with E-state index in [0.717, 1.165) is 10.5 Å². The number of rotatable bonds is 7. The molecule has 8 heteroatoms. The molecule has 0 spiro atoms. The Bertz CT molecular complexity index is 1160. The number of ether oxygens (including phenoxy) is 2. The van der Waals surface area contributed by atoms with Gasteiger partial charge in [-0.1, -0.05) is 30.3 Å². The molecule has 1 aliphatic heterocycles. The number of anilines is 2. The van der Waals surface area contributed by atoms with Gasteiger partial charge < -0.3 is 19.7 Å². The first-order valence-electron chi connectivity index (χ1n) is 10.8. The number of amides is 4. The van der Waals surface area contributed by atoms with Crippen molar-refractivity contribution in [1.82, 2.24) is 4.90 Å². The van der Waals surface area contributed by atoms with Crippen molar-refractivity contribution in [2.24, 2.45) is 0 Å². The van der Waals surface area contributed by atoms with Crippen LogP contribution in [0.4, 0.5) is 16.2 Å². The molecule has 1 saturated heterocycles. The van der Waals surface area contributed by atoms with E-state index in [0.29, 0.717) is 22.9 Å². The van der Waals surface area contributed by atoms with Gasteiger partial charge >= 0.3 is 6.03 Å². The second-order valence-corrected chi connectivity index (χ2v) is 7.76. The van der Waals surface area contributed by atoms with E-state index in [4.69, 9.17) is 9.47 Å². The van der Waals surface area contributed by atoms with Gasteiger partial charge in [0.05, 0.1) is 26.3 Å². The molecule has 4 amide bonds. The number of methoxy groups -OCH3 is 2. The van der Waals surface area contributed by atoms with E-state index < -0.39 is 18.0 Å². The Hall–Kier alpha value is -4.33. The summed E-state index contributed by atoms with van der Waals surface area (Å²) in [7, 11) is 3.12. The number of para-hydroxylation sites is 1. The van der Waals surface area contributed by atoms with E-state index in [-0.39, 0.29) is 18.9 Å². The van der Waals surface area contributed by atoms with Crippen molar-refractivity contribution in [3.05, 3.63) is 84.4 Å². The zero-order chi connectivity index (χ0) is 24.1. The minimum atomic E-state index is -0.944. The molecule has 1 heterocycles. The lowest BCUT2D eigenvalue weighted by atomic mass is 10.1. The van der Waals surface area contributed by atoms with Crippen molar-refractivity contribution in [1.29, 1.82) is 0 Å². The standard InChI is InChI=1S/C26H25N3O5/c1-33-21-12-8-18(9-13-21)17-28(26(32)27-19-6-4-3-5-7-19)23-16-24(30)29(25(23)31)20-10-14-22(34-2)15-11-20/h3-15,23H,16-17H2,1-2H3,(H,27,32)/t23-/m0/s1. The van der Waals surface area contributed by atoms with E-state index in [2.05, 4.69) is 5.32 Å². The summed E-state index contributed by atoms with van der Waals surface area (Å²) >= 11 is 0. The third kappa shape index (κ3) is 4.85. The summed E-state index contributed by atoms with van der Waals surface area (Å²) < 4.78 is 10.4. The molecule has 34 heavy (non-hydrogen) atoms.